The van der Waals surface area contributed by atoms with Gasteiger partial charge in [-0.05, 0) is 79.6 Å². The minimum absolute atomic E-state index is 0.107. The van der Waals surface area contributed by atoms with E-state index in [0.29, 0.717) is 16.6 Å². The highest BCUT2D eigenvalue weighted by atomic mass is 35.5. The van der Waals surface area contributed by atoms with Crippen molar-refractivity contribution in [1.29, 1.82) is 0 Å². The number of hydrogen-bond donors (Lipinski definition) is 0. The molecule has 5 heteroatoms. The molecule has 0 aliphatic carbocycles. The number of carbonyl (C=O) groups excluding carboxylic acids is 1. The van der Waals surface area contributed by atoms with Gasteiger partial charge in [-0.3, -0.25) is 4.79 Å². The standard InChI is InChI=1S/C31H34Cl2N2O/c1-30(25-11-6-3-7-12-25)16-19-34(20-17-30)22-31(26-13-14-27(32)28(33)21-26)15-8-18-35(23-31)29(36)24-9-4-2-5-10-24/h2-7,9-14,21H,8,15-20,22-23H2,1H3. The number of benzene rings is 3. The lowest BCUT2D eigenvalue weighted by Crippen LogP contribution is -2.55. The van der Waals surface area contributed by atoms with Gasteiger partial charge in [-0.2, -0.15) is 0 Å². The molecular weight excluding hydrogens is 487 g/mol. The largest absolute Gasteiger partial charge is 0.338 e. The molecule has 3 aromatic rings. The minimum atomic E-state index is -0.183. The first-order valence-corrected chi connectivity index (χ1v) is 13.7. The number of piperidine rings is 2. The van der Waals surface area contributed by atoms with Crippen molar-refractivity contribution in [2.45, 2.75) is 43.4 Å². The number of hydrogen-bond acceptors (Lipinski definition) is 2. The summed E-state index contributed by atoms with van der Waals surface area (Å²) in [5.41, 5.74) is 3.38. The van der Waals surface area contributed by atoms with E-state index in [1.807, 2.05) is 47.4 Å². The van der Waals surface area contributed by atoms with Gasteiger partial charge in [0.2, 0.25) is 0 Å². The Bertz CT molecular complexity index is 1190. The molecule has 1 atom stereocenters. The summed E-state index contributed by atoms with van der Waals surface area (Å²) in [4.78, 5) is 18.1. The normalized spacial score (nSPS) is 22.4. The Kier molecular flexibility index (Phi) is 7.44. The summed E-state index contributed by atoms with van der Waals surface area (Å²) in [6.45, 7) is 6.86. The maximum Gasteiger partial charge on any atom is 0.253 e. The van der Waals surface area contributed by atoms with Gasteiger partial charge in [0.25, 0.3) is 5.91 Å². The van der Waals surface area contributed by atoms with Gasteiger partial charge in [0.15, 0.2) is 0 Å². The maximum atomic E-state index is 13.4. The van der Waals surface area contributed by atoms with Crippen LogP contribution < -0.4 is 0 Å². The maximum absolute atomic E-state index is 13.4. The molecule has 1 amide bonds. The second-order valence-corrected chi connectivity index (χ2v) is 11.6. The SMILES string of the molecule is CC1(c2ccccc2)CCN(CC2(c3ccc(Cl)c(Cl)c3)CCCN(C(=O)c3ccccc3)C2)CC1. The number of rotatable bonds is 5. The molecule has 188 valence electrons. The van der Waals surface area contributed by atoms with Crippen molar-refractivity contribution < 1.29 is 4.79 Å². The third kappa shape index (κ3) is 5.20. The number of amides is 1. The molecule has 2 heterocycles. The van der Waals surface area contributed by atoms with Crippen molar-refractivity contribution in [3.8, 4) is 0 Å². The lowest BCUT2D eigenvalue weighted by Gasteiger charge is -2.48. The summed E-state index contributed by atoms with van der Waals surface area (Å²) in [6.07, 6.45) is 4.24. The van der Waals surface area contributed by atoms with Crippen LogP contribution in [0, 0.1) is 0 Å². The average Bonchev–Trinajstić information content (AvgIpc) is 2.92. The zero-order valence-electron chi connectivity index (χ0n) is 20.9. The van der Waals surface area contributed by atoms with Crippen molar-refractivity contribution in [3.63, 3.8) is 0 Å². The molecule has 0 N–H and O–H groups in total. The van der Waals surface area contributed by atoms with E-state index >= 15 is 0 Å². The molecule has 2 fully saturated rings. The first-order chi connectivity index (χ1) is 17.4. The van der Waals surface area contributed by atoms with E-state index in [2.05, 4.69) is 48.2 Å². The van der Waals surface area contributed by atoms with Gasteiger partial charge in [-0.25, -0.2) is 0 Å². The number of halogens is 2. The van der Waals surface area contributed by atoms with E-state index < -0.39 is 0 Å². The Morgan fingerprint density at radius 3 is 2.14 bits per heavy atom. The van der Waals surface area contributed by atoms with E-state index in [-0.39, 0.29) is 16.7 Å². The highest BCUT2D eigenvalue weighted by molar-refractivity contribution is 6.42. The summed E-state index contributed by atoms with van der Waals surface area (Å²) in [7, 11) is 0. The highest BCUT2D eigenvalue weighted by Crippen LogP contribution is 2.41. The molecule has 36 heavy (non-hydrogen) atoms. The van der Waals surface area contributed by atoms with E-state index in [1.54, 1.807) is 0 Å². The molecule has 0 radical (unpaired) electrons. The molecule has 1 unspecified atom stereocenters. The second-order valence-electron chi connectivity index (χ2n) is 10.8. The molecular formula is C31H34Cl2N2O. The third-order valence-electron chi connectivity index (χ3n) is 8.37. The lowest BCUT2D eigenvalue weighted by atomic mass is 9.71. The van der Waals surface area contributed by atoms with Crippen LogP contribution in [0.25, 0.3) is 0 Å². The molecule has 5 rings (SSSR count). The summed E-state index contributed by atoms with van der Waals surface area (Å²) in [5, 5.41) is 1.15. The fourth-order valence-corrected chi connectivity index (χ4v) is 6.41. The van der Waals surface area contributed by atoms with Crippen LogP contribution in [0.5, 0.6) is 0 Å². The zero-order valence-corrected chi connectivity index (χ0v) is 22.4. The Morgan fingerprint density at radius 1 is 0.806 bits per heavy atom. The Labute approximate surface area is 225 Å². The zero-order chi connectivity index (χ0) is 25.2. The molecule has 0 saturated carbocycles. The predicted molar refractivity (Wildman–Crippen MR) is 149 cm³/mol. The monoisotopic (exact) mass is 520 g/mol. The van der Waals surface area contributed by atoms with Gasteiger partial charge in [0, 0.05) is 30.6 Å². The van der Waals surface area contributed by atoms with Gasteiger partial charge in [0.05, 0.1) is 10.0 Å². The second kappa shape index (κ2) is 10.6. The number of carbonyl (C=O) groups is 1. The van der Waals surface area contributed by atoms with Crippen LogP contribution in [0.4, 0.5) is 0 Å². The van der Waals surface area contributed by atoms with E-state index in [4.69, 9.17) is 23.2 Å². The summed E-state index contributed by atoms with van der Waals surface area (Å²) in [6, 6.07) is 26.6. The van der Waals surface area contributed by atoms with Crippen molar-refractivity contribution in [1.82, 2.24) is 9.80 Å². The first kappa shape index (κ1) is 25.3. The summed E-state index contributed by atoms with van der Waals surface area (Å²) >= 11 is 12.8. The lowest BCUT2D eigenvalue weighted by molar-refractivity contribution is 0.0537. The van der Waals surface area contributed by atoms with E-state index in [1.165, 1.54) is 11.1 Å². The third-order valence-corrected chi connectivity index (χ3v) is 9.11. The topological polar surface area (TPSA) is 23.6 Å². The predicted octanol–water partition coefficient (Wildman–Crippen LogP) is 7.22. The van der Waals surface area contributed by atoms with Gasteiger partial charge in [-0.1, -0.05) is 84.7 Å². The molecule has 3 nitrogen and oxygen atoms in total. The number of likely N-dealkylation sites (tertiary alicyclic amines) is 2. The molecule has 3 aromatic carbocycles. The highest BCUT2D eigenvalue weighted by Gasteiger charge is 2.42. The molecule has 0 spiro atoms. The molecule has 0 aromatic heterocycles. The van der Waals surface area contributed by atoms with Crippen LogP contribution >= 0.6 is 23.2 Å². The van der Waals surface area contributed by atoms with Crippen molar-refractivity contribution in [3.05, 3.63) is 106 Å². The minimum Gasteiger partial charge on any atom is -0.338 e. The summed E-state index contributed by atoms with van der Waals surface area (Å²) < 4.78 is 0. The van der Waals surface area contributed by atoms with E-state index in [9.17, 15) is 4.79 Å². The summed E-state index contributed by atoms with van der Waals surface area (Å²) in [5.74, 6) is 0.107. The Morgan fingerprint density at radius 2 is 1.47 bits per heavy atom. The molecule has 2 aliphatic heterocycles. The van der Waals surface area contributed by atoms with Crippen LogP contribution in [0.2, 0.25) is 10.0 Å². The van der Waals surface area contributed by atoms with E-state index in [0.717, 1.165) is 57.4 Å². The fourth-order valence-electron chi connectivity index (χ4n) is 6.11. The van der Waals surface area contributed by atoms with Crippen LogP contribution in [0.1, 0.15) is 54.1 Å². The van der Waals surface area contributed by atoms with Gasteiger partial charge in [0.1, 0.15) is 0 Å². The van der Waals surface area contributed by atoms with Crippen LogP contribution in [-0.4, -0.2) is 48.4 Å². The number of nitrogens with zero attached hydrogens (tertiary/aromatic N) is 2. The smallest absolute Gasteiger partial charge is 0.253 e. The van der Waals surface area contributed by atoms with Crippen LogP contribution in [0.3, 0.4) is 0 Å². The average molecular weight is 522 g/mol. The molecule has 0 bridgehead atoms. The van der Waals surface area contributed by atoms with Crippen molar-refractivity contribution in [2.24, 2.45) is 0 Å². The van der Waals surface area contributed by atoms with Gasteiger partial charge in [-0.15, -0.1) is 0 Å². The molecule has 2 aliphatic rings. The first-order valence-electron chi connectivity index (χ1n) is 13.0. The van der Waals surface area contributed by atoms with Gasteiger partial charge < -0.3 is 9.80 Å². The van der Waals surface area contributed by atoms with Gasteiger partial charge >= 0.3 is 0 Å². The Balaban J connectivity index is 1.40. The van der Waals surface area contributed by atoms with Crippen LogP contribution in [0.15, 0.2) is 78.9 Å². The Hall–Kier alpha value is -2.33. The van der Waals surface area contributed by atoms with Crippen molar-refractivity contribution >= 4 is 29.1 Å². The molecule has 2 saturated heterocycles. The fraction of sp³-hybridized carbons (Fsp3) is 0.387. The van der Waals surface area contributed by atoms with Crippen molar-refractivity contribution in [2.75, 3.05) is 32.7 Å². The van der Waals surface area contributed by atoms with Crippen LogP contribution in [-0.2, 0) is 10.8 Å². The quantitative estimate of drug-likeness (QED) is 0.354.